The van der Waals surface area contributed by atoms with Crippen molar-refractivity contribution in [2.45, 2.75) is 0 Å². The van der Waals surface area contributed by atoms with Gasteiger partial charge in [-0.15, -0.1) is 0 Å². The van der Waals surface area contributed by atoms with Gasteiger partial charge in [0.05, 0.1) is 6.33 Å². The van der Waals surface area contributed by atoms with Crippen molar-refractivity contribution >= 4 is 28.6 Å². The van der Waals surface area contributed by atoms with Crippen LogP contribution >= 0.6 is 0 Å². The zero-order chi connectivity index (χ0) is 13.4. The van der Waals surface area contributed by atoms with Gasteiger partial charge in [0.25, 0.3) is 0 Å². The molecule has 2 aromatic heterocycles. The van der Waals surface area contributed by atoms with Crippen molar-refractivity contribution in [1.29, 1.82) is 0 Å². The van der Waals surface area contributed by atoms with Crippen LogP contribution in [0.3, 0.4) is 0 Å². The van der Waals surface area contributed by atoms with Gasteiger partial charge < -0.3 is 15.6 Å². The average molecular weight is 258 g/mol. The molecule has 0 amide bonds. The van der Waals surface area contributed by atoms with Gasteiger partial charge in [0.2, 0.25) is 5.95 Å². The van der Waals surface area contributed by atoms with E-state index in [1.165, 1.54) is 18.5 Å². The molecule has 3 aromatic rings. The lowest BCUT2D eigenvalue weighted by molar-refractivity contribution is 0.628. The van der Waals surface area contributed by atoms with Gasteiger partial charge in [0.15, 0.2) is 11.5 Å². The lowest BCUT2D eigenvalue weighted by Gasteiger charge is -2.18. The van der Waals surface area contributed by atoms with Gasteiger partial charge in [-0.3, -0.25) is 0 Å². The Morgan fingerprint density at radius 1 is 1.21 bits per heavy atom. The van der Waals surface area contributed by atoms with Gasteiger partial charge in [-0.05, 0) is 24.3 Å². The number of aromatic nitrogens is 4. The molecule has 0 bridgehead atoms. The van der Waals surface area contributed by atoms with Crippen molar-refractivity contribution in [3.05, 3.63) is 36.4 Å². The standard InChI is InChI=1S/C12H11FN6/c1-19(8-4-2-7(13)3-5-8)11-9-10(16-6-15-9)17-12(14)18-11/h2-6H,1H3,(H3,14,15,16,17,18). The lowest BCUT2D eigenvalue weighted by atomic mass is 10.3. The average Bonchev–Trinajstić information content (AvgIpc) is 2.85. The van der Waals surface area contributed by atoms with Crippen molar-refractivity contribution in [2.24, 2.45) is 0 Å². The predicted octanol–water partition coefficient (Wildman–Crippen LogP) is 1.84. The first-order chi connectivity index (χ1) is 9.15. The number of H-pyrrole nitrogens is 1. The van der Waals surface area contributed by atoms with Crippen molar-refractivity contribution in [1.82, 2.24) is 19.9 Å². The maximum absolute atomic E-state index is 12.9. The second-order valence-electron chi connectivity index (χ2n) is 4.04. The molecule has 0 fully saturated rings. The number of benzene rings is 1. The molecule has 0 unspecified atom stereocenters. The van der Waals surface area contributed by atoms with E-state index in [2.05, 4.69) is 19.9 Å². The van der Waals surface area contributed by atoms with Gasteiger partial charge in [-0.1, -0.05) is 0 Å². The molecular weight excluding hydrogens is 247 g/mol. The minimum absolute atomic E-state index is 0.142. The van der Waals surface area contributed by atoms with Crippen molar-refractivity contribution in [3.63, 3.8) is 0 Å². The Kier molecular flexibility index (Phi) is 2.52. The maximum atomic E-state index is 12.9. The molecule has 0 radical (unpaired) electrons. The Hall–Kier alpha value is -2.70. The molecular formula is C12H11FN6. The second kappa shape index (κ2) is 4.20. The molecule has 0 spiro atoms. The van der Waals surface area contributed by atoms with E-state index in [4.69, 9.17) is 5.73 Å². The Morgan fingerprint density at radius 2 is 1.95 bits per heavy atom. The number of rotatable bonds is 2. The summed E-state index contributed by atoms with van der Waals surface area (Å²) in [6.45, 7) is 0. The number of nitrogen functional groups attached to an aromatic ring is 1. The predicted molar refractivity (Wildman–Crippen MR) is 70.6 cm³/mol. The first-order valence-corrected chi connectivity index (χ1v) is 5.61. The lowest BCUT2D eigenvalue weighted by Crippen LogP contribution is -2.13. The molecule has 3 N–H and O–H groups in total. The second-order valence-corrected chi connectivity index (χ2v) is 4.04. The smallest absolute Gasteiger partial charge is 0.224 e. The minimum Gasteiger partial charge on any atom is -0.368 e. The summed E-state index contributed by atoms with van der Waals surface area (Å²) in [5.41, 5.74) is 7.63. The van der Waals surface area contributed by atoms with Crippen LogP contribution in [0.25, 0.3) is 11.2 Å². The number of imidazole rings is 1. The number of nitrogens with zero attached hydrogens (tertiary/aromatic N) is 4. The number of nitrogens with one attached hydrogen (secondary N) is 1. The highest BCUT2D eigenvalue weighted by atomic mass is 19.1. The number of hydrogen-bond acceptors (Lipinski definition) is 5. The molecule has 19 heavy (non-hydrogen) atoms. The Bertz CT molecular complexity index is 721. The molecule has 7 heteroatoms. The van der Waals surface area contributed by atoms with Crippen LogP contribution in [-0.4, -0.2) is 27.0 Å². The first kappa shape index (κ1) is 11.4. The van der Waals surface area contributed by atoms with Gasteiger partial charge in [0.1, 0.15) is 11.3 Å². The molecule has 0 saturated carbocycles. The summed E-state index contributed by atoms with van der Waals surface area (Å²) in [4.78, 5) is 17.0. The summed E-state index contributed by atoms with van der Waals surface area (Å²) >= 11 is 0. The molecule has 3 rings (SSSR count). The highest BCUT2D eigenvalue weighted by Crippen LogP contribution is 2.27. The number of fused-ring (bicyclic) bond motifs is 1. The minimum atomic E-state index is -0.286. The largest absolute Gasteiger partial charge is 0.368 e. The van der Waals surface area contributed by atoms with Crippen molar-refractivity contribution in [2.75, 3.05) is 17.7 Å². The van der Waals surface area contributed by atoms with E-state index < -0.39 is 0 Å². The van der Waals surface area contributed by atoms with E-state index in [1.54, 1.807) is 17.0 Å². The Labute approximate surface area is 108 Å². The summed E-state index contributed by atoms with van der Waals surface area (Å²) in [6.07, 6.45) is 1.53. The summed E-state index contributed by atoms with van der Waals surface area (Å²) in [7, 11) is 1.81. The van der Waals surface area contributed by atoms with Crippen molar-refractivity contribution in [3.8, 4) is 0 Å². The van der Waals surface area contributed by atoms with Crippen LogP contribution in [0, 0.1) is 5.82 Å². The van der Waals surface area contributed by atoms with E-state index >= 15 is 0 Å². The summed E-state index contributed by atoms with van der Waals surface area (Å²) < 4.78 is 12.9. The number of nitrogens with two attached hydrogens (primary N) is 1. The third-order valence-corrected chi connectivity index (χ3v) is 2.82. The summed E-state index contributed by atoms with van der Waals surface area (Å²) in [5.74, 6) is 0.446. The highest BCUT2D eigenvalue weighted by Gasteiger charge is 2.13. The SMILES string of the molecule is CN(c1ccc(F)cc1)c1nc(N)nc2nc[nH]c12. The molecule has 2 heterocycles. The number of anilines is 3. The molecule has 0 atom stereocenters. The normalized spacial score (nSPS) is 10.8. The Morgan fingerprint density at radius 3 is 2.68 bits per heavy atom. The molecule has 96 valence electrons. The molecule has 6 nitrogen and oxygen atoms in total. The van der Waals surface area contributed by atoms with Crippen molar-refractivity contribution < 1.29 is 4.39 Å². The van der Waals surface area contributed by atoms with Crippen LogP contribution in [0.2, 0.25) is 0 Å². The zero-order valence-electron chi connectivity index (χ0n) is 10.1. The van der Waals surface area contributed by atoms with Crippen LogP contribution < -0.4 is 10.6 Å². The zero-order valence-corrected chi connectivity index (χ0v) is 10.1. The fourth-order valence-electron chi connectivity index (χ4n) is 1.86. The molecule has 0 aliphatic rings. The highest BCUT2D eigenvalue weighted by molar-refractivity contribution is 5.86. The third kappa shape index (κ3) is 1.95. The fourth-order valence-corrected chi connectivity index (χ4v) is 1.86. The fraction of sp³-hybridized carbons (Fsp3) is 0.0833. The van der Waals surface area contributed by atoms with Crippen LogP contribution in [-0.2, 0) is 0 Å². The first-order valence-electron chi connectivity index (χ1n) is 5.61. The van der Waals surface area contributed by atoms with E-state index in [1.807, 2.05) is 7.05 Å². The quantitative estimate of drug-likeness (QED) is 0.732. The molecule has 0 saturated heterocycles. The summed E-state index contributed by atoms with van der Waals surface area (Å²) in [5, 5.41) is 0. The van der Waals surface area contributed by atoms with E-state index in [0.29, 0.717) is 17.0 Å². The van der Waals surface area contributed by atoms with Gasteiger partial charge in [0, 0.05) is 12.7 Å². The van der Waals surface area contributed by atoms with Gasteiger partial charge >= 0.3 is 0 Å². The molecule has 1 aromatic carbocycles. The van der Waals surface area contributed by atoms with Crippen LogP contribution in [0.4, 0.5) is 21.8 Å². The van der Waals surface area contributed by atoms with Gasteiger partial charge in [-0.2, -0.15) is 9.97 Å². The van der Waals surface area contributed by atoms with E-state index in [9.17, 15) is 4.39 Å². The van der Waals surface area contributed by atoms with Crippen LogP contribution in [0.1, 0.15) is 0 Å². The van der Waals surface area contributed by atoms with Gasteiger partial charge in [-0.25, -0.2) is 9.37 Å². The topological polar surface area (TPSA) is 83.7 Å². The third-order valence-electron chi connectivity index (χ3n) is 2.82. The van der Waals surface area contributed by atoms with E-state index in [-0.39, 0.29) is 11.8 Å². The monoisotopic (exact) mass is 258 g/mol. The number of halogens is 1. The molecule has 0 aliphatic heterocycles. The number of hydrogen-bond donors (Lipinski definition) is 2. The van der Waals surface area contributed by atoms with Crippen LogP contribution in [0.5, 0.6) is 0 Å². The number of aromatic amines is 1. The van der Waals surface area contributed by atoms with Crippen LogP contribution in [0.15, 0.2) is 30.6 Å². The maximum Gasteiger partial charge on any atom is 0.224 e. The Balaban J connectivity index is 2.12. The van der Waals surface area contributed by atoms with E-state index in [0.717, 1.165) is 5.69 Å². The summed E-state index contributed by atoms with van der Waals surface area (Å²) in [6, 6.07) is 6.10. The molecule has 0 aliphatic carbocycles.